The number of rotatable bonds is 3. The first-order valence-corrected chi connectivity index (χ1v) is 5.47. The summed E-state index contributed by atoms with van der Waals surface area (Å²) in [5, 5.41) is 0. The Balaban J connectivity index is 3.12. The summed E-state index contributed by atoms with van der Waals surface area (Å²) in [7, 11) is -3.91. The molecule has 0 aliphatic rings. The van der Waals surface area contributed by atoms with Crippen molar-refractivity contribution in [3.8, 4) is 5.75 Å². The molecule has 5 nitrogen and oxygen atoms in total. The van der Waals surface area contributed by atoms with Crippen molar-refractivity contribution in [2.24, 2.45) is 0 Å². The molecule has 0 aliphatic heterocycles. The molecule has 1 aromatic rings. The Morgan fingerprint density at radius 1 is 1.38 bits per heavy atom. The summed E-state index contributed by atoms with van der Waals surface area (Å²) in [5.41, 5.74) is 0.680. The third kappa shape index (κ3) is 3.20. The number of benzene rings is 1. The summed E-state index contributed by atoms with van der Waals surface area (Å²) in [6.07, 6.45) is 0. The number of esters is 1. The fraction of sp³-hybridized carbons (Fsp3) is 0.222. The van der Waals surface area contributed by atoms with E-state index in [1.807, 2.05) is 0 Å². The molecular formula is C9H9FO5S. The summed E-state index contributed by atoms with van der Waals surface area (Å²) in [6.45, 7) is 1.62. The van der Waals surface area contributed by atoms with E-state index in [2.05, 4.69) is 8.92 Å². The van der Waals surface area contributed by atoms with Crippen LogP contribution < -0.4 is 4.18 Å². The number of halogens is 1. The highest BCUT2D eigenvalue weighted by Gasteiger charge is 2.14. The van der Waals surface area contributed by atoms with Gasteiger partial charge < -0.3 is 8.92 Å². The van der Waals surface area contributed by atoms with Gasteiger partial charge in [-0.3, -0.25) is 0 Å². The topological polar surface area (TPSA) is 69.7 Å². The average molecular weight is 248 g/mol. The fourth-order valence-corrected chi connectivity index (χ4v) is 1.43. The lowest BCUT2D eigenvalue weighted by atomic mass is 10.1. The van der Waals surface area contributed by atoms with Crippen LogP contribution in [0.1, 0.15) is 15.9 Å². The van der Waals surface area contributed by atoms with Crippen molar-refractivity contribution in [1.29, 1.82) is 0 Å². The number of hydrogen-bond donors (Lipinski definition) is 0. The molecule has 0 fully saturated rings. The smallest absolute Gasteiger partial charge is 0.465 e. The predicted octanol–water partition coefficient (Wildman–Crippen LogP) is 1.37. The number of ether oxygens (including phenoxy) is 1. The first-order chi connectivity index (χ1) is 7.33. The molecular weight excluding hydrogens is 239 g/mol. The SMILES string of the molecule is COC(=O)c1cc(OS(=O)(=O)F)ccc1C. The Hall–Kier alpha value is -1.63. The van der Waals surface area contributed by atoms with Crippen LogP contribution in [0.4, 0.5) is 3.89 Å². The maximum Gasteiger partial charge on any atom is 0.488 e. The van der Waals surface area contributed by atoms with Crippen molar-refractivity contribution < 1.29 is 26.0 Å². The van der Waals surface area contributed by atoms with Gasteiger partial charge >= 0.3 is 16.5 Å². The van der Waals surface area contributed by atoms with Crippen molar-refractivity contribution in [3.63, 3.8) is 0 Å². The zero-order valence-corrected chi connectivity index (χ0v) is 9.38. The Labute approximate surface area is 92.2 Å². The van der Waals surface area contributed by atoms with E-state index in [9.17, 15) is 17.1 Å². The number of methoxy groups -OCH3 is 1. The van der Waals surface area contributed by atoms with Gasteiger partial charge in [-0.2, -0.15) is 8.42 Å². The molecule has 0 N–H and O–H groups in total. The monoisotopic (exact) mass is 248 g/mol. The summed E-state index contributed by atoms with van der Waals surface area (Å²) in [5.74, 6) is -0.937. The van der Waals surface area contributed by atoms with E-state index < -0.39 is 16.5 Å². The van der Waals surface area contributed by atoms with Crippen molar-refractivity contribution >= 4 is 16.5 Å². The van der Waals surface area contributed by atoms with Gasteiger partial charge in [0.05, 0.1) is 12.7 Å². The van der Waals surface area contributed by atoms with E-state index in [0.29, 0.717) is 5.56 Å². The summed E-state index contributed by atoms with van der Waals surface area (Å²) < 4.78 is 41.1. The third-order valence-corrected chi connectivity index (χ3v) is 2.20. The quantitative estimate of drug-likeness (QED) is 0.597. The summed E-state index contributed by atoms with van der Waals surface area (Å²) >= 11 is 0. The van der Waals surface area contributed by atoms with Crippen molar-refractivity contribution in [1.82, 2.24) is 0 Å². The molecule has 0 amide bonds. The van der Waals surface area contributed by atoms with E-state index in [1.165, 1.54) is 19.2 Å². The van der Waals surface area contributed by atoms with Crippen LogP contribution in [0.2, 0.25) is 0 Å². The minimum Gasteiger partial charge on any atom is -0.465 e. The molecule has 88 valence electrons. The lowest BCUT2D eigenvalue weighted by Crippen LogP contribution is -2.06. The Morgan fingerprint density at radius 2 is 2.00 bits per heavy atom. The van der Waals surface area contributed by atoms with Gasteiger partial charge in [0, 0.05) is 0 Å². The molecule has 0 saturated carbocycles. The van der Waals surface area contributed by atoms with Crippen LogP contribution in [0, 0.1) is 6.92 Å². The van der Waals surface area contributed by atoms with Gasteiger partial charge in [0.1, 0.15) is 5.75 Å². The highest BCUT2D eigenvalue weighted by Crippen LogP contribution is 2.19. The molecule has 0 heterocycles. The van der Waals surface area contributed by atoms with Crippen LogP contribution in [0.15, 0.2) is 18.2 Å². The zero-order chi connectivity index (χ0) is 12.3. The molecule has 0 unspecified atom stereocenters. The Bertz CT molecular complexity index is 509. The normalized spacial score (nSPS) is 10.9. The predicted molar refractivity (Wildman–Crippen MR) is 53.2 cm³/mol. The molecule has 0 aromatic heterocycles. The first-order valence-electron chi connectivity index (χ1n) is 4.16. The number of hydrogen-bond acceptors (Lipinski definition) is 5. The second kappa shape index (κ2) is 4.48. The van der Waals surface area contributed by atoms with Crippen LogP contribution in [0.25, 0.3) is 0 Å². The van der Waals surface area contributed by atoms with E-state index in [1.54, 1.807) is 6.92 Å². The van der Waals surface area contributed by atoms with Crippen LogP contribution >= 0.6 is 0 Å². The number of carbonyl (C=O) groups is 1. The lowest BCUT2D eigenvalue weighted by Gasteiger charge is -2.05. The summed E-state index contributed by atoms with van der Waals surface area (Å²) in [6, 6.07) is 3.75. The summed E-state index contributed by atoms with van der Waals surface area (Å²) in [4.78, 5) is 11.2. The van der Waals surface area contributed by atoms with E-state index in [0.717, 1.165) is 6.07 Å². The van der Waals surface area contributed by atoms with Gasteiger partial charge in [-0.15, -0.1) is 0 Å². The van der Waals surface area contributed by atoms with Gasteiger partial charge in [-0.05, 0) is 24.6 Å². The molecule has 16 heavy (non-hydrogen) atoms. The van der Waals surface area contributed by atoms with Crippen molar-refractivity contribution in [2.75, 3.05) is 7.11 Å². The van der Waals surface area contributed by atoms with Crippen LogP contribution in [-0.2, 0) is 15.2 Å². The van der Waals surface area contributed by atoms with E-state index >= 15 is 0 Å². The van der Waals surface area contributed by atoms with Gasteiger partial charge in [0.15, 0.2) is 0 Å². The van der Waals surface area contributed by atoms with Crippen molar-refractivity contribution in [3.05, 3.63) is 29.3 Å². The maximum atomic E-state index is 12.2. The molecule has 1 aromatic carbocycles. The molecule has 0 spiro atoms. The van der Waals surface area contributed by atoms with Gasteiger partial charge in [0.25, 0.3) is 0 Å². The van der Waals surface area contributed by atoms with E-state index in [-0.39, 0.29) is 11.3 Å². The first kappa shape index (κ1) is 12.4. The molecule has 0 aliphatic carbocycles. The minimum absolute atomic E-state index is 0.114. The van der Waals surface area contributed by atoms with Crippen LogP contribution in [-0.4, -0.2) is 21.5 Å². The molecule has 0 atom stereocenters. The van der Waals surface area contributed by atoms with Gasteiger partial charge in [0.2, 0.25) is 0 Å². The Kier molecular flexibility index (Phi) is 3.48. The second-order valence-corrected chi connectivity index (χ2v) is 3.90. The van der Waals surface area contributed by atoms with Crippen molar-refractivity contribution in [2.45, 2.75) is 6.92 Å². The molecule has 1 rings (SSSR count). The lowest BCUT2D eigenvalue weighted by molar-refractivity contribution is 0.0599. The fourth-order valence-electron chi connectivity index (χ4n) is 1.10. The van der Waals surface area contributed by atoms with Crippen LogP contribution in [0.5, 0.6) is 5.75 Å². The largest absolute Gasteiger partial charge is 0.488 e. The highest BCUT2D eigenvalue weighted by molar-refractivity contribution is 7.81. The molecule has 7 heteroatoms. The third-order valence-electron chi connectivity index (χ3n) is 1.81. The standard InChI is InChI=1S/C9H9FO5S/c1-6-3-4-7(15-16(10,12)13)5-8(6)9(11)14-2/h3-5H,1-2H3. The minimum atomic E-state index is -5.09. The molecule has 0 bridgehead atoms. The number of carbonyl (C=O) groups excluding carboxylic acids is 1. The number of aryl methyl sites for hydroxylation is 1. The zero-order valence-electron chi connectivity index (χ0n) is 8.56. The maximum absolute atomic E-state index is 12.2. The van der Waals surface area contributed by atoms with Gasteiger partial charge in [-0.1, -0.05) is 9.95 Å². The van der Waals surface area contributed by atoms with E-state index in [4.69, 9.17) is 0 Å². The highest BCUT2D eigenvalue weighted by atomic mass is 32.3. The molecule has 0 saturated heterocycles. The second-order valence-electron chi connectivity index (χ2n) is 2.94. The Morgan fingerprint density at radius 3 is 2.50 bits per heavy atom. The average Bonchev–Trinajstić information content (AvgIpc) is 2.18. The van der Waals surface area contributed by atoms with Crippen LogP contribution in [0.3, 0.4) is 0 Å². The van der Waals surface area contributed by atoms with Gasteiger partial charge in [-0.25, -0.2) is 4.79 Å². The molecule has 0 radical (unpaired) electrons.